The molecule has 0 radical (unpaired) electrons. The third kappa shape index (κ3) is 4.72. The predicted octanol–water partition coefficient (Wildman–Crippen LogP) is 14.2. The maximum absolute atomic E-state index is 2.49. The maximum Gasteiger partial charge on any atom is 0.0714 e. The summed E-state index contributed by atoms with van der Waals surface area (Å²) < 4.78 is 2.39. The van der Waals surface area contributed by atoms with Crippen molar-refractivity contribution in [3.05, 3.63) is 252 Å². The largest absolute Gasteiger partial charge is 0.310 e. The molecule has 1 aromatic heterocycles. The Morgan fingerprint density at radius 1 is 0.362 bits per heavy atom. The van der Waals surface area contributed by atoms with Crippen molar-refractivity contribution < 1.29 is 0 Å². The van der Waals surface area contributed by atoms with E-state index in [2.05, 4.69) is 228 Å². The summed E-state index contributed by atoms with van der Waals surface area (Å²) in [5.41, 5.74) is 19.6. The fourth-order valence-electron chi connectivity index (χ4n) is 10.2. The summed E-state index contributed by atoms with van der Waals surface area (Å²) in [4.78, 5) is 2.49. The van der Waals surface area contributed by atoms with E-state index in [0.29, 0.717) is 0 Å². The van der Waals surface area contributed by atoms with E-state index < -0.39 is 5.41 Å². The maximum atomic E-state index is 2.49. The molecule has 272 valence electrons. The summed E-state index contributed by atoms with van der Waals surface area (Å²) in [5.74, 6) is 0. The van der Waals surface area contributed by atoms with Gasteiger partial charge in [0.25, 0.3) is 0 Å². The number of aromatic nitrogens is 1. The number of rotatable bonds is 6. The van der Waals surface area contributed by atoms with Crippen LogP contribution in [0.4, 0.5) is 17.1 Å². The van der Waals surface area contributed by atoms with Gasteiger partial charge in [-0.2, -0.15) is 0 Å². The molecule has 0 unspecified atom stereocenters. The highest BCUT2D eigenvalue weighted by Crippen LogP contribution is 2.57. The monoisotopic (exact) mass is 738 g/mol. The molecule has 2 heteroatoms. The molecule has 0 spiro atoms. The van der Waals surface area contributed by atoms with Gasteiger partial charge in [0.2, 0.25) is 0 Å². The van der Waals surface area contributed by atoms with Gasteiger partial charge in [-0.25, -0.2) is 0 Å². The number of fused-ring (bicyclic) bond motifs is 9. The Balaban J connectivity index is 1.12. The van der Waals surface area contributed by atoms with Gasteiger partial charge in [0, 0.05) is 33.5 Å². The minimum atomic E-state index is -0.497. The van der Waals surface area contributed by atoms with Gasteiger partial charge in [0.15, 0.2) is 0 Å². The second-order valence-corrected chi connectivity index (χ2v) is 15.7. The molecule has 58 heavy (non-hydrogen) atoms. The van der Waals surface area contributed by atoms with Gasteiger partial charge in [0.05, 0.1) is 16.4 Å². The summed E-state index contributed by atoms with van der Waals surface area (Å²) in [5, 5.41) is 2.47. The quantitative estimate of drug-likeness (QED) is 0.165. The number of benzene rings is 9. The molecule has 12 rings (SSSR count). The van der Waals surface area contributed by atoms with Crippen molar-refractivity contribution in [2.75, 3.05) is 4.90 Å². The highest BCUT2D eigenvalue weighted by molar-refractivity contribution is 6.10. The lowest BCUT2D eigenvalue weighted by atomic mass is 9.67. The molecule has 10 aromatic rings. The molecular weight excluding hydrogens is 701 g/mol. The van der Waals surface area contributed by atoms with E-state index in [-0.39, 0.29) is 0 Å². The van der Waals surface area contributed by atoms with E-state index in [1.165, 1.54) is 77.4 Å². The Kier molecular flexibility index (Phi) is 7.24. The van der Waals surface area contributed by atoms with E-state index >= 15 is 0 Å². The molecule has 0 fully saturated rings. The average Bonchev–Trinajstić information content (AvgIpc) is 3.93. The SMILES string of the molecule is c1ccc(-n2c3ccccc3c3cc(N(c4ccc5c(c4)Cc4ccccc4-5)c4ccc5c(c4)C(c4ccccc4)(c4ccccc4)c4ccccc4-5)ccc32)cc1. The van der Waals surface area contributed by atoms with Gasteiger partial charge in [0.1, 0.15) is 0 Å². The van der Waals surface area contributed by atoms with Crippen LogP contribution in [0.1, 0.15) is 33.4 Å². The van der Waals surface area contributed by atoms with E-state index in [1.54, 1.807) is 0 Å². The molecule has 2 nitrogen and oxygen atoms in total. The fourth-order valence-corrected chi connectivity index (χ4v) is 10.2. The summed E-state index contributed by atoms with van der Waals surface area (Å²) in [7, 11) is 0. The van der Waals surface area contributed by atoms with Crippen LogP contribution in [-0.2, 0) is 11.8 Å². The van der Waals surface area contributed by atoms with Crippen molar-refractivity contribution in [2.24, 2.45) is 0 Å². The minimum absolute atomic E-state index is 0.497. The zero-order valence-electron chi connectivity index (χ0n) is 31.9. The normalized spacial score (nSPS) is 13.2. The molecule has 0 aliphatic heterocycles. The van der Waals surface area contributed by atoms with Gasteiger partial charge in [-0.05, 0) is 123 Å². The molecule has 0 saturated heterocycles. The molecule has 1 heterocycles. The average molecular weight is 739 g/mol. The van der Waals surface area contributed by atoms with Gasteiger partial charge < -0.3 is 9.47 Å². The fraction of sp³-hybridized carbons (Fsp3) is 0.0357. The van der Waals surface area contributed by atoms with Crippen LogP contribution in [0.2, 0.25) is 0 Å². The Morgan fingerprint density at radius 3 is 1.67 bits per heavy atom. The molecular formula is C56H38N2. The molecule has 0 N–H and O–H groups in total. The van der Waals surface area contributed by atoms with Crippen LogP contribution in [-0.4, -0.2) is 4.57 Å². The smallest absolute Gasteiger partial charge is 0.0714 e. The topological polar surface area (TPSA) is 8.17 Å². The second kappa shape index (κ2) is 12.8. The molecule has 9 aromatic carbocycles. The first kappa shape index (κ1) is 32.8. The van der Waals surface area contributed by atoms with Crippen LogP contribution in [0.15, 0.2) is 218 Å². The molecule has 0 atom stereocenters. The van der Waals surface area contributed by atoms with Crippen LogP contribution in [0.5, 0.6) is 0 Å². The van der Waals surface area contributed by atoms with Crippen molar-refractivity contribution in [1.29, 1.82) is 0 Å². The molecule has 2 aliphatic rings. The molecule has 2 aliphatic carbocycles. The van der Waals surface area contributed by atoms with Gasteiger partial charge in [-0.1, -0.05) is 158 Å². The van der Waals surface area contributed by atoms with Crippen LogP contribution in [0, 0.1) is 0 Å². The minimum Gasteiger partial charge on any atom is -0.310 e. The molecule has 0 amide bonds. The van der Waals surface area contributed by atoms with Crippen LogP contribution in [0.3, 0.4) is 0 Å². The Labute approximate surface area is 338 Å². The van der Waals surface area contributed by atoms with Crippen LogP contribution < -0.4 is 4.90 Å². The lowest BCUT2D eigenvalue weighted by Gasteiger charge is -2.35. The van der Waals surface area contributed by atoms with Gasteiger partial charge in [-0.15, -0.1) is 0 Å². The Morgan fingerprint density at radius 2 is 0.897 bits per heavy atom. The summed E-state index contributed by atoms with van der Waals surface area (Å²) in [6, 6.07) is 80.9. The van der Waals surface area contributed by atoms with E-state index in [9.17, 15) is 0 Å². The van der Waals surface area contributed by atoms with E-state index in [4.69, 9.17) is 0 Å². The zero-order chi connectivity index (χ0) is 38.2. The summed E-state index contributed by atoms with van der Waals surface area (Å²) in [6.45, 7) is 0. The first-order valence-corrected chi connectivity index (χ1v) is 20.2. The Bertz CT molecular complexity index is 3160. The van der Waals surface area contributed by atoms with Gasteiger partial charge >= 0.3 is 0 Å². The highest BCUT2D eigenvalue weighted by Gasteiger charge is 2.46. The lowest BCUT2D eigenvalue weighted by molar-refractivity contribution is 0.768. The third-order valence-corrected chi connectivity index (χ3v) is 12.7. The van der Waals surface area contributed by atoms with Crippen LogP contribution >= 0.6 is 0 Å². The van der Waals surface area contributed by atoms with Crippen molar-refractivity contribution >= 4 is 38.9 Å². The summed E-state index contributed by atoms with van der Waals surface area (Å²) >= 11 is 0. The number of hydrogen-bond donors (Lipinski definition) is 0. The van der Waals surface area contributed by atoms with Crippen molar-refractivity contribution in [1.82, 2.24) is 4.57 Å². The number of para-hydroxylation sites is 2. The van der Waals surface area contributed by atoms with E-state index in [0.717, 1.165) is 29.2 Å². The number of anilines is 3. The number of hydrogen-bond acceptors (Lipinski definition) is 1. The highest BCUT2D eigenvalue weighted by atomic mass is 15.1. The predicted molar refractivity (Wildman–Crippen MR) is 241 cm³/mol. The first-order valence-electron chi connectivity index (χ1n) is 20.2. The number of nitrogens with zero attached hydrogens (tertiary/aromatic N) is 2. The molecule has 0 bridgehead atoms. The standard InChI is InChI=1S/C56H38N2/c1-4-17-40(18-5-1)56(41-19-6-2-7-20-41)52-26-14-12-24-48(52)49-32-29-45(37-53(49)56)57(43-28-31-47-39(35-43)34-38-16-10-11-23-46(38)47)44-30-33-55-51(36-44)50-25-13-15-27-54(50)58(55)42-21-8-3-9-22-42/h1-33,35-37H,34H2. The van der Waals surface area contributed by atoms with Crippen molar-refractivity contribution in [2.45, 2.75) is 11.8 Å². The molecule has 0 saturated carbocycles. The Hall–Kier alpha value is -7.42. The lowest BCUT2D eigenvalue weighted by Crippen LogP contribution is -2.28. The first-order chi connectivity index (χ1) is 28.8. The van der Waals surface area contributed by atoms with Crippen LogP contribution in [0.25, 0.3) is 49.7 Å². The zero-order valence-corrected chi connectivity index (χ0v) is 31.9. The van der Waals surface area contributed by atoms with Gasteiger partial charge in [-0.3, -0.25) is 0 Å². The summed E-state index contributed by atoms with van der Waals surface area (Å²) in [6.07, 6.45) is 0.932. The van der Waals surface area contributed by atoms with Crippen molar-refractivity contribution in [3.8, 4) is 27.9 Å². The van der Waals surface area contributed by atoms with Crippen molar-refractivity contribution in [3.63, 3.8) is 0 Å². The van der Waals surface area contributed by atoms with E-state index in [1.807, 2.05) is 0 Å². The third-order valence-electron chi connectivity index (χ3n) is 12.7. The second-order valence-electron chi connectivity index (χ2n) is 15.7.